The molecular weight excluding hydrogens is 276 g/mol. The van der Waals surface area contributed by atoms with Crippen molar-refractivity contribution >= 4 is 28.9 Å². The van der Waals surface area contributed by atoms with E-state index in [1.807, 2.05) is 6.92 Å². The summed E-state index contributed by atoms with van der Waals surface area (Å²) in [7, 11) is 0. The van der Waals surface area contributed by atoms with E-state index in [1.54, 1.807) is 23.1 Å². The van der Waals surface area contributed by atoms with Crippen LogP contribution in [0, 0.1) is 0 Å². The predicted octanol–water partition coefficient (Wildman–Crippen LogP) is 0.375. The van der Waals surface area contributed by atoms with Crippen molar-refractivity contribution in [2.45, 2.75) is 13.0 Å². The molecule has 0 radical (unpaired) electrons. The number of hydrogen-bond donors (Lipinski definition) is 2. The Labute approximate surface area is 123 Å². The fourth-order valence-electron chi connectivity index (χ4n) is 1.99. The summed E-state index contributed by atoms with van der Waals surface area (Å²) < 4.78 is 5.24. The number of hydrogen-bond acceptors (Lipinski definition) is 5. The van der Waals surface area contributed by atoms with Gasteiger partial charge >= 0.3 is 0 Å². The van der Waals surface area contributed by atoms with Gasteiger partial charge in [-0.3, -0.25) is 4.79 Å². The number of aromatic nitrogens is 1. The number of rotatable bonds is 4. The highest BCUT2D eigenvalue weighted by Crippen LogP contribution is 2.09. The van der Waals surface area contributed by atoms with Crippen molar-refractivity contribution < 1.29 is 9.53 Å². The van der Waals surface area contributed by atoms with E-state index in [9.17, 15) is 4.79 Å². The van der Waals surface area contributed by atoms with Gasteiger partial charge in [0.1, 0.15) is 16.8 Å². The van der Waals surface area contributed by atoms with Crippen LogP contribution >= 0.6 is 12.2 Å². The van der Waals surface area contributed by atoms with Gasteiger partial charge in [-0.15, -0.1) is 0 Å². The van der Waals surface area contributed by atoms with Crippen LogP contribution in [0.1, 0.15) is 12.6 Å². The SMILES string of the molecule is CC(Nc1cccc(C(N)=S)n1)C(=O)N1CCOCC1. The van der Waals surface area contributed by atoms with Gasteiger partial charge in [-0.1, -0.05) is 18.3 Å². The lowest BCUT2D eigenvalue weighted by Crippen LogP contribution is -2.47. The molecule has 108 valence electrons. The standard InChI is InChI=1S/C13H18N4O2S/c1-9(13(18)17-5-7-19-8-6-17)15-11-4-2-3-10(16-11)12(14)20/h2-4,9H,5-8H2,1H3,(H2,14,20)(H,15,16). The molecule has 7 heteroatoms. The number of nitrogens with one attached hydrogen (secondary N) is 1. The zero-order chi connectivity index (χ0) is 14.5. The third kappa shape index (κ3) is 3.64. The van der Waals surface area contributed by atoms with E-state index in [4.69, 9.17) is 22.7 Å². The summed E-state index contributed by atoms with van der Waals surface area (Å²) in [6, 6.07) is 4.96. The molecular formula is C13H18N4O2S. The maximum absolute atomic E-state index is 12.3. The molecule has 0 saturated carbocycles. The van der Waals surface area contributed by atoms with Crippen LogP contribution in [0.2, 0.25) is 0 Å². The molecule has 1 aromatic rings. The summed E-state index contributed by atoms with van der Waals surface area (Å²) in [5, 5.41) is 3.08. The minimum atomic E-state index is -0.359. The Morgan fingerprint density at radius 1 is 1.50 bits per heavy atom. The Hall–Kier alpha value is -1.73. The number of ether oxygens (including phenoxy) is 1. The van der Waals surface area contributed by atoms with Gasteiger partial charge in [-0.25, -0.2) is 4.98 Å². The van der Waals surface area contributed by atoms with Crippen molar-refractivity contribution in [2.75, 3.05) is 31.6 Å². The van der Waals surface area contributed by atoms with Crippen LogP contribution in [0.5, 0.6) is 0 Å². The molecule has 1 amide bonds. The summed E-state index contributed by atoms with van der Waals surface area (Å²) in [4.78, 5) is 18.5. The van der Waals surface area contributed by atoms with Crippen LogP contribution in [0.15, 0.2) is 18.2 Å². The summed E-state index contributed by atoms with van der Waals surface area (Å²) in [5.74, 6) is 0.625. The predicted molar refractivity (Wildman–Crippen MR) is 80.6 cm³/mol. The molecule has 2 rings (SSSR count). The molecule has 1 aliphatic heterocycles. The number of amides is 1. The molecule has 1 aliphatic rings. The second-order valence-electron chi connectivity index (χ2n) is 4.58. The van der Waals surface area contributed by atoms with E-state index in [-0.39, 0.29) is 16.9 Å². The normalized spacial score (nSPS) is 16.6. The molecule has 1 aromatic heterocycles. The van der Waals surface area contributed by atoms with Crippen LogP contribution in [-0.2, 0) is 9.53 Å². The lowest BCUT2D eigenvalue weighted by Gasteiger charge is -2.29. The number of thiocarbonyl (C=S) groups is 1. The number of carbonyl (C=O) groups is 1. The summed E-state index contributed by atoms with van der Waals surface area (Å²) in [6.07, 6.45) is 0. The van der Waals surface area contributed by atoms with E-state index >= 15 is 0 Å². The van der Waals surface area contributed by atoms with Gasteiger partial charge in [0, 0.05) is 13.1 Å². The van der Waals surface area contributed by atoms with Gasteiger partial charge in [0.25, 0.3) is 0 Å². The zero-order valence-corrected chi connectivity index (χ0v) is 12.2. The third-order valence-corrected chi connectivity index (χ3v) is 3.27. The third-order valence-electron chi connectivity index (χ3n) is 3.06. The molecule has 1 atom stereocenters. The highest BCUT2D eigenvalue weighted by Gasteiger charge is 2.22. The molecule has 6 nitrogen and oxygen atoms in total. The van der Waals surface area contributed by atoms with Gasteiger partial charge in [0.15, 0.2) is 0 Å². The van der Waals surface area contributed by atoms with E-state index in [0.29, 0.717) is 37.8 Å². The number of carbonyl (C=O) groups excluding carboxylic acids is 1. The van der Waals surface area contributed by atoms with Gasteiger partial charge in [-0.2, -0.15) is 0 Å². The maximum atomic E-state index is 12.3. The Bertz CT molecular complexity index is 503. The summed E-state index contributed by atoms with van der Waals surface area (Å²) >= 11 is 4.89. The Balaban J connectivity index is 1.99. The number of pyridine rings is 1. The van der Waals surface area contributed by atoms with Gasteiger partial charge < -0.3 is 20.7 Å². The first-order valence-electron chi connectivity index (χ1n) is 6.48. The minimum Gasteiger partial charge on any atom is -0.388 e. The van der Waals surface area contributed by atoms with Crippen LogP contribution in [-0.4, -0.2) is 53.1 Å². The first kappa shape index (κ1) is 14.7. The average Bonchev–Trinajstić information content (AvgIpc) is 2.47. The molecule has 3 N–H and O–H groups in total. The van der Waals surface area contributed by atoms with Gasteiger partial charge in [0.2, 0.25) is 5.91 Å². The van der Waals surface area contributed by atoms with Crippen molar-refractivity contribution in [1.82, 2.24) is 9.88 Å². The Kier molecular flexibility index (Phi) is 4.86. The number of nitrogens with zero attached hydrogens (tertiary/aromatic N) is 2. The van der Waals surface area contributed by atoms with Crippen molar-refractivity contribution in [2.24, 2.45) is 5.73 Å². The molecule has 1 unspecified atom stereocenters. The number of anilines is 1. The van der Waals surface area contributed by atoms with Crippen LogP contribution in [0.25, 0.3) is 0 Å². The lowest BCUT2D eigenvalue weighted by atomic mass is 10.2. The van der Waals surface area contributed by atoms with E-state index in [2.05, 4.69) is 10.3 Å². The van der Waals surface area contributed by atoms with Crippen LogP contribution in [0.4, 0.5) is 5.82 Å². The second kappa shape index (κ2) is 6.62. The largest absolute Gasteiger partial charge is 0.388 e. The maximum Gasteiger partial charge on any atom is 0.244 e. The van der Waals surface area contributed by atoms with Crippen molar-refractivity contribution in [1.29, 1.82) is 0 Å². The average molecular weight is 294 g/mol. The minimum absolute atomic E-state index is 0.0378. The van der Waals surface area contributed by atoms with Gasteiger partial charge in [0.05, 0.1) is 18.9 Å². The smallest absolute Gasteiger partial charge is 0.244 e. The molecule has 0 bridgehead atoms. The zero-order valence-electron chi connectivity index (χ0n) is 11.3. The molecule has 0 aromatic carbocycles. The Morgan fingerprint density at radius 3 is 2.85 bits per heavy atom. The molecule has 0 spiro atoms. The van der Waals surface area contributed by atoms with Crippen molar-refractivity contribution in [3.05, 3.63) is 23.9 Å². The van der Waals surface area contributed by atoms with E-state index in [0.717, 1.165) is 0 Å². The molecule has 2 heterocycles. The molecule has 0 aliphatic carbocycles. The number of nitrogens with two attached hydrogens (primary N) is 1. The Morgan fingerprint density at radius 2 is 2.20 bits per heavy atom. The van der Waals surface area contributed by atoms with E-state index in [1.165, 1.54) is 0 Å². The van der Waals surface area contributed by atoms with Crippen molar-refractivity contribution in [3.63, 3.8) is 0 Å². The molecule has 20 heavy (non-hydrogen) atoms. The van der Waals surface area contributed by atoms with Crippen LogP contribution in [0.3, 0.4) is 0 Å². The monoisotopic (exact) mass is 294 g/mol. The second-order valence-corrected chi connectivity index (χ2v) is 5.02. The van der Waals surface area contributed by atoms with Gasteiger partial charge in [-0.05, 0) is 19.1 Å². The first-order chi connectivity index (χ1) is 9.58. The highest BCUT2D eigenvalue weighted by atomic mass is 32.1. The molecule has 1 fully saturated rings. The highest BCUT2D eigenvalue weighted by molar-refractivity contribution is 7.80. The first-order valence-corrected chi connectivity index (χ1v) is 6.88. The fourth-order valence-corrected chi connectivity index (χ4v) is 2.11. The van der Waals surface area contributed by atoms with Crippen molar-refractivity contribution in [3.8, 4) is 0 Å². The summed E-state index contributed by atoms with van der Waals surface area (Å²) in [5.41, 5.74) is 6.08. The van der Waals surface area contributed by atoms with Crippen LogP contribution < -0.4 is 11.1 Å². The topological polar surface area (TPSA) is 80.5 Å². The fraction of sp³-hybridized carbons (Fsp3) is 0.462. The van der Waals surface area contributed by atoms with E-state index < -0.39 is 0 Å². The quantitative estimate of drug-likeness (QED) is 0.781. The lowest BCUT2D eigenvalue weighted by molar-refractivity contribution is -0.135. The molecule has 1 saturated heterocycles. The summed E-state index contributed by atoms with van der Waals surface area (Å²) in [6.45, 7) is 4.25. The number of morpholine rings is 1.